The number of nitrogens with zero attached hydrogens (tertiary/aromatic N) is 3. The van der Waals surface area contributed by atoms with E-state index in [1.807, 2.05) is 38.2 Å². The molecule has 0 aromatic carbocycles. The average molecular weight is 178 g/mol. The standard InChI is InChI=1S/C9H14N4/c1-7-8(6-10)4-5-9(11-7)12-13(2)3/h4-5,7-8H,1-3H3,(H,11,12). The normalized spacial score (nSPS) is 26.8. The Labute approximate surface area is 78.5 Å². The summed E-state index contributed by atoms with van der Waals surface area (Å²) in [5.41, 5.74) is 3.04. The molecule has 4 heteroatoms. The Morgan fingerprint density at radius 1 is 1.62 bits per heavy atom. The fourth-order valence-corrected chi connectivity index (χ4v) is 1.14. The van der Waals surface area contributed by atoms with E-state index in [1.54, 1.807) is 0 Å². The molecule has 0 amide bonds. The molecule has 0 aromatic heterocycles. The molecule has 0 bridgehead atoms. The fraction of sp³-hybridized carbons (Fsp3) is 0.556. The van der Waals surface area contributed by atoms with Gasteiger partial charge in [-0.1, -0.05) is 6.08 Å². The molecule has 0 radical (unpaired) electrons. The third kappa shape index (κ3) is 2.56. The first-order valence-corrected chi connectivity index (χ1v) is 4.23. The first-order chi connectivity index (χ1) is 6.13. The van der Waals surface area contributed by atoms with Gasteiger partial charge in [-0.2, -0.15) is 5.26 Å². The number of aliphatic imine (C=N–C) groups is 1. The van der Waals surface area contributed by atoms with Crippen molar-refractivity contribution in [2.45, 2.75) is 13.0 Å². The molecule has 1 rings (SSSR count). The van der Waals surface area contributed by atoms with Crippen LogP contribution in [-0.4, -0.2) is 31.0 Å². The smallest absolute Gasteiger partial charge is 0.135 e. The van der Waals surface area contributed by atoms with E-state index >= 15 is 0 Å². The highest BCUT2D eigenvalue weighted by molar-refractivity contribution is 5.93. The number of dihydropyridines is 1. The van der Waals surface area contributed by atoms with Crippen molar-refractivity contribution in [1.82, 2.24) is 10.4 Å². The van der Waals surface area contributed by atoms with Crippen LogP contribution in [0.3, 0.4) is 0 Å². The predicted octanol–water partition coefficient (Wildman–Crippen LogP) is 0.549. The van der Waals surface area contributed by atoms with E-state index in [0.717, 1.165) is 5.84 Å². The maximum atomic E-state index is 8.73. The van der Waals surface area contributed by atoms with Gasteiger partial charge in [-0.05, 0) is 13.0 Å². The number of hydrogen-bond acceptors (Lipinski definition) is 4. The Hall–Kier alpha value is -1.34. The topological polar surface area (TPSA) is 51.4 Å². The predicted molar refractivity (Wildman–Crippen MR) is 52.0 cm³/mol. The molecule has 0 spiro atoms. The highest BCUT2D eigenvalue weighted by Crippen LogP contribution is 2.12. The minimum absolute atomic E-state index is 0.0393. The van der Waals surface area contributed by atoms with Gasteiger partial charge in [-0.25, -0.2) is 5.01 Å². The molecule has 0 aromatic rings. The summed E-state index contributed by atoms with van der Waals surface area (Å²) < 4.78 is 0. The van der Waals surface area contributed by atoms with Crippen molar-refractivity contribution in [3.05, 3.63) is 12.2 Å². The molecule has 0 fully saturated rings. The van der Waals surface area contributed by atoms with Crippen LogP contribution < -0.4 is 5.43 Å². The molecular weight excluding hydrogens is 164 g/mol. The van der Waals surface area contributed by atoms with Crippen molar-refractivity contribution in [2.24, 2.45) is 10.9 Å². The number of amidine groups is 1. The van der Waals surface area contributed by atoms with E-state index in [0.29, 0.717) is 0 Å². The summed E-state index contributed by atoms with van der Waals surface area (Å²) in [6.07, 6.45) is 3.72. The number of nitriles is 1. The summed E-state index contributed by atoms with van der Waals surface area (Å²) in [4.78, 5) is 4.33. The summed E-state index contributed by atoms with van der Waals surface area (Å²) in [6.45, 7) is 1.94. The fourth-order valence-electron chi connectivity index (χ4n) is 1.14. The molecule has 4 nitrogen and oxygen atoms in total. The van der Waals surface area contributed by atoms with Crippen molar-refractivity contribution in [3.63, 3.8) is 0 Å². The van der Waals surface area contributed by atoms with Gasteiger partial charge in [0.05, 0.1) is 18.0 Å². The van der Waals surface area contributed by atoms with Gasteiger partial charge < -0.3 is 5.43 Å². The quantitative estimate of drug-likeness (QED) is 0.596. The van der Waals surface area contributed by atoms with E-state index in [4.69, 9.17) is 5.26 Å². The molecule has 0 saturated carbocycles. The van der Waals surface area contributed by atoms with Crippen LogP contribution in [0.1, 0.15) is 6.92 Å². The van der Waals surface area contributed by atoms with Gasteiger partial charge in [0.2, 0.25) is 0 Å². The maximum absolute atomic E-state index is 8.73. The summed E-state index contributed by atoms with van der Waals surface area (Å²) in [6, 6.07) is 2.23. The van der Waals surface area contributed by atoms with Gasteiger partial charge in [-0.3, -0.25) is 4.99 Å². The molecule has 2 atom stereocenters. The SMILES string of the molecule is CC1N=C(NN(C)C)C=CC1C#N. The lowest BCUT2D eigenvalue weighted by atomic mass is 10.0. The van der Waals surface area contributed by atoms with E-state index < -0.39 is 0 Å². The molecular formula is C9H14N4. The van der Waals surface area contributed by atoms with Crippen LogP contribution in [0, 0.1) is 17.2 Å². The zero-order valence-corrected chi connectivity index (χ0v) is 8.15. The Bertz CT molecular complexity index is 272. The Kier molecular flexibility index (Phi) is 3.04. The number of hydrazine groups is 1. The summed E-state index contributed by atoms with van der Waals surface area (Å²) in [7, 11) is 3.80. The Morgan fingerprint density at radius 2 is 2.31 bits per heavy atom. The molecule has 0 aliphatic carbocycles. The van der Waals surface area contributed by atoms with Crippen LogP contribution in [0.5, 0.6) is 0 Å². The maximum Gasteiger partial charge on any atom is 0.135 e. The summed E-state index contributed by atoms with van der Waals surface area (Å²) in [5, 5.41) is 10.6. The van der Waals surface area contributed by atoms with Crippen molar-refractivity contribution >= 4 is 5.84 Å². The molecule has 1 aliphatic heterocycles. The van der Waals surface area contributed by atoms with Crippen LogP contribution in [0.4, 0.5) is 0 Å². The van der Waals surface area contributed by atoms with Crippen molar-refractivity contribution < 1.29 is 0 Å². The minimum Gasteiger partial charge on any atom is -0.304 e. The highest BCUT2D eigenvalue weighted by atomic mass is 15.5. The zero-order chi connectivity index (χ0) is 9.84. The third-order valence-electron chi connectivity index (χ3n) is 1.81. The second kappa shape index (κ2) is 4.06. The van der Waals surface area contributed by atoms with Crippen molar-refractivity contribution in [2.75, 3.05) is 14.1 Å². The third-order valence-corrected chi connectivity index (χ3v) is 1.81. The number of nitrogens with one attached hydrogen (secondary N) is 1. The van der Waals surface area contributed by atoms with Crippen LogP contribution in [0.25, 0.3) is 0 Å². The first-order valence-electron chi connectivity index (χ1n) is 4.23. The van der Waals surface area contributed by atoms with Crippen molar-refractivity contribution in [3.8, 4) is 6.07 Å². The molecule has 2 unspecified atom stereocenters. The molecule has 70 valence electrons. The van der Waals surface area contributed by atoms with E-state index in [2.05, 4.69) is 16.5 Å². The second-order valence-corrected chi connectivity index (χ2v) is 3.28. The summed E-state index contributed by atoms with van der Waals surface area (Å²) in [5.74, 6) is 0.719. The highest BCUT2D eigenvalue weighted by Gasteiger charge is 2.17. The monoisotopic (exact) mass is 178 g/mol. The van der Waals surface area contributed by atoms with E-state index in [9.17, 15) is 0 Å². The number of rotatable bonds is 1. The van der Waals surface area contributed by atoms with E-state index in [-0.39, 0.29) is 12.0 Å². The minimum atomic E-state index is -0.0901. The molecule has 1 heterocycles. The molecule has 0 saturated heterocycles. The van der Waals surface area contributed by atoms with Gasteiger partial charge in [0.1, 0.15) is 5.84 Å². The zero-order valence-electron chi connectivity index (χ0n) is 8.15. The lowest BCUT2D eigenvalue weighted by molar-refractivity contribution is 0.361. The largest absolute Gasteiger partial charge is 0.304 e. The molecule has 1 N–H and O–H groups in total. The number of hydrogen-bond donors (Lipinski definition) is 1. The van der Waals surface area contributed by atoms with Gasteiger partial charge in [0.25, 0.3) is 0 Å². The van der Waals surface area contributed by atoms with Gasteiger partial charge in [0, 0.05) is 14.1 Å². The molecule has 1 aliphatic rings. The molecule has 13 heavy (non-hydrogen) atoms. The Balaban J connectivity index is 2.64. The first kappa shape index (κ1) is 9.75. The van der Waals surface area contributed by atoms with Gasteiger partial charge >= 0.3 is 0 Å². The lowest BCUT2D eigenvalue weighted by Gasteiger charge is -2.20. The average Bonchev–Trinajstić information content (AvgIpc) is 2.03. The van der Waals surface area contributed by atoms with Crippen LogP contribution in [-0.2, 0) is 0 Å². The lowest BCUT2D eigenvalue weighted by Crippen LogP contribution is -2.37. The van der Waals surface area contributed by atoms with Gasteiger partial charge in [-0.15, -0.1) is 0 Å². The van der Waals surface area contributed by atoms with Crippen LogP contribution in [0.15, 0.2) is 17.1 Å². The van der Waals surface area contributed by atoms with E-state index in [1.165, 1.54) is 0 Å². The van der Waals surface area contributed by atoms with Gasteiger partial charge in [0.15, 0.2) is 0 Å². The van der Waals surface area contributed by atoms with Crippen LogP contribution >= 0.6 is 0 Å². The summed E-state index contributed by atoms with van der Waals surface area (Å²) >= 11 is 0. The van der Waals surface area contributed by atoms with Crippen molar-refractivity contribution in [1.29, 1.82) is 5.26 Å². The Morgan fingerprint density at radius 3 is 2.77 bits per heavy atom. The second-order valence-electron chi connectivity index (χ2n) is 3.28. The van der Waals surface area contributed by atoms with Crippen LogP contribution in [0.2, 0.25) is 0 Å².